The van der Waals surface area contributed by atoms with Crippen LogP contribution in [0.4, 0.5) is 0 Å². The van der Waals surface area contributed by atoms with Gasteiger partial charge in [-0.2, -0.15) is 0 Å². The highest BCUT2D eigenvalue weighted by Gasteiger charge is 2.30. The molecule has 4 nitrogen and oxygen atoms in total. The maximum Gasteiger partial charge on any atom is 0.224 e. The number of aromatic nitrogens is 1. The molecule has 2 atom stereocenters. The highest BCUT2D eigenvalue weighted by Crippen LogP contribution is 2.31. The third-order valence-electron chi connectivity index (χ3n) is 3.05. The Morgan fingerprint density at radius 2 is 2.56 bits per heavy atom. The molecule has 2 unspecified atom stereocenters. The number of rotatable bonds is 3. The van der Waals surface area contributed by atoms with E-state index in [1.54, 1.807) is 0 Å². The molecule has 2 heterocycles. The molecule has 1 aliphatic heterocycles. The Bertz CT molecular complexity index is 345. The highest BCUT2D eigenvalue weighted by molar-refractivity contribution is 5.77. The molecule has 88 valence electrons. The first-order chi connectivity index (χ1) is 7.68. The molecule has 0 bridgehead atoms. The van der Waals surface area contributed by atoms with Crippen molar-refractivity contribution in [1.29, 1.82) is 0 Å². The summed E-state index contributed by atoms with van der Waals surface area (Å²) in [7, 11) is 0. The molecule has 0 saturated carbocycles. The van der Waals surface area contributed by atoms with Crippen LogP contribution in [0, 0.1) is 0 Å². The van der Waals surface area contributed by atoms with E-state index in [-0.39, 0.29) is 18.0 Å². The van der Waals surface area contributed by atoms with Gasteiger partial charge in [-0.15, -0.1) is 0 Å². The minimum atomic E-state index is -0.0580. The summed E-state index contributed by atoms with van der Waals surface area (Å²) in [6, 6.07) is 4.18. The summed E-state index contributed by atoms with van der Waals surface area (Å²) in [5.74, 6) is 0.173. The second-order valence-corrected chi connectivity index (χ2v) is 4.55. The van der Waals surface area contributed by atoms with Gasteiger partial charge in [-0.25, -0.2) is 0 Å². The van der Waals surface area contributed by atoms with Crippen LogP contribution in [0.5, 0.6) is 0 Å². The van der Waals surface area contributed by atoms with Gasteiger partial charge in [-0.1, -0.05) is 0 Å². The van der Waals surface area contributed by atoms with Crippen LogP contribution < -0.4 is 5.73 Å². The van der Waals surface area contributed by atoms with Crippen LogP contribution in [-0.4, -0.2) is 28.4 Å². The Hall–Kier alpha value is -1.29. The molecule has 0 spiro atoms. The Morgan fingerprint density at radius 3 is 3.19 bits per heavy atom. The third-order valence-corrected chi connectivity index (χ3v) is 3.05. The quantitative estimate of drug-likeness (QED) is 0.810. The second kappa shape index (κ2) is 4.70. The van der Waals surface area contributed by atoms with Crippen LogP contribution in [0.2, 0.25) is 0 Å². The van der Waals surface area contributed by atoms with E-state index >= 15 is 0 Å². The number of carbonyl (C=O) groups excluding carboxylic acids is 1. The van der Waals surface area contributed by atoms with Crippen molar-refractivity contribution >= 4 is 5.91 Å². The Kier molecular flexibility index (Phi) is 3.29. The smallest absolute Gasteiger partial charge is 0.224 e. The summed E-state index contributed by atoms with van der Waals surface area (Å²) in [4.78, 5) is 17.1. The Balaban J connectivity index is 2.06. The third kappa shape index (κ3) is 2.27. The van der Waals surface area contributed by atoms with E-state index in [0.29, 0.717) is 6.42 Å². The summed E-state index contributed by atoms with van der Waals surface area (Å²) < 4.78 is 0. The zero-order valence-corrected chi connectivity index (χ0v) is 9.65. The molecule has 1 amide bonds. The maximum atomic E-state index is 12.0. The molecule has 1 saturated heterocycles. The molecule has 1 aromatic heterocycles. The van der Waals surface area contributed by atoms with Gasteiger partial charge >= 0.3 is 0 Å². The summed E-state index contributed by atoms with van der Waals surface area (Å²) in [6.45, 7) is 2.73. The van der Waals surface area contributed by atoms with E-state index in [1.807, 2.05) is 30.2 Å². The largest absolute Gasteiger partial charge is 0.363 e. The van der Waals surface area contributed by atoms with Crippen LogP contribution in [0.3, 0.4) is 0 Å². The van der Waals surface area contributed by atoms with Gasteiger partial charge in [-0.05, 0) is 31.9 Å². The van der Waals surface area contributed by atoms with Crippen LogP contribution in [0.1, 0.15) is 37.9 Å². The number of carbonyl (C=O) groups is 1. The lowest BCUT2D eigenvalue weighted by molar-refractivity contribution is -0.132. The average molecular weight is 221 g/mol. The fourth-order valence-electron chi connectivity index (χ4n) is 2.33. The number of amides is 1. The first kappa shape index (κ1) is 11.2. The van der Waals surface area contributed by atoms with E-state index in [1.165, 1.54) is 0 Å². The maximum absolute atomic E-state index is 12.0. The number of nitrogens with one attached hydrogen (secondary N) is 1. The summed E-state index contributed by atoms with van der Waals surface area (Å²) in [5, 5.41) is 0. The van der Waals surface area contributed by atoms with Gasteiger partial charge in [0.1, 0.15) is 0 Å². The van der Waals surface area contributed by atoms with Crippen molar-refractivity contribution in [3.63, 3.8) is 0 Å². The molecule has 0 radical (unpaired) electrons. The van der Waals surface area contributed by atoms with Crippen molar-refractivity contribution in [2.24, 2.45) is 5.73 Å². The molecule has 0 aliphatic carbocycles. The topological polar surface area (TPSA) is 62.1 Å². The Labute approximate surface area is 95.8 Å². The monoisotopic (exact) mass is 221 g/mol. The molecule has 2 rings (SSSR count). The van der Waals surface area contributed by atoms with E-state index in [4.69, 9.17) is 5.73 Å². The predicted octanol–water partition coefficient (Wildman–Crippen LogP) is 1.42. The van der Waals surface area contributed by atoms with Crippen molar-refractivity contribution in [3.05, 3.63) is 24.0 Å². The molecular formula is C12H19N3O. The minimum absolute atomic E-state index is 0.0580. The van der Waals surface area contributed by atoms with Gasteiger partial charge in [0, 0.05) is 30.9 Å². The molecule has 3 N–H and O–H groups in total. The lowest BCUT2D eigenvalue weighted by Crippen LogP contribution is -2.34. The average Bonchev–Trinajstić information content (AvgIpc) is 2.87. The van der Waals surface area contributed by atoms with Crippen molar-refractivity contribution in [2.45, 2.75) is 38.3 Å². The number of likely N-dealkylation sites (tertiary alicyclic amines) is 1. The van der Waals surface area contributed by atoms with Crippen molar-refractivity contribution in [3.8, 4) is 0 Å². The zero-order valence-electron chi connectivity index (χ0n) is 9.65. The molecule has 4 heteroatoms. The van der Waals surface area contributed by atoms with E-state index < -0.39 is 0 Å². The first-order valence-electron chi connectivity index (χ1n) is 5.87. The molecule has 0 aromatic carbocycles. The van der Waals surface area contributed by atoms with Crippen LogP contribution in [-0.2, 0) is 4.79 Å². The van der Waals surface area contributed by atoms with Gasteiger partial charge in [0.25, 0.3) is 0 Å². The lowest BCUT2D eigenvalue weighted by atomic mass is 10.1. The van der Waals surface area contributed by atoms with Crippen LogP contribution in [0.15, 0.2) is 18.3 Å². The van der Waals surface area contributed by atoms with E-state index in [0.717, 1.165) is 25.1 Å². The van der Waals surface area contributed by atoms with Gasteiger partial charge in [-0.3, -0.25) is 4.79 Å². The summed E-state index contributed by atoms with van der Waals surface area (Å²) >= 11 is 0. The predicted molar refractivity (Wildman–Crippen MR) is 62.7 cm³/mol. The number of nitrogens with two attached hydrogens (primary N) is 1. The van der Waals surface area contributed by atoms with Crippen LogP contribution in [0.25, 0.3) is 0 Å². The number of hydrogen-bond donors (Lipinski definition) is 2. The standard InChI is InChI=1S/C12H19N3O/c1-9(13)8-12(16)15-7-3-5-11(15)10-4-2-6-14-10/h2,4,6,9,11,14H,3,5,7-8,13H2,1H3. The summed E-state index contributed by atoms with van der Waals surface area (Å²) in [5.41, 5.74) is 6.80. The molecule has 1 aliphatic rings. The molecule has 1 aromatic rings. The van der Waals surface area contributed by atoms with Gasteiger partial charge < -0.3 is 15.6 Å². The van der Waals surface area contributed by atoms with Gasteiger partial charge in [0.05, 0.1) is 6.04 Å². The number of hydrogen-bond acceptors (Lipinski definition) is 2. The van der Waals surface area contributed by atoms with Gasteiger partial charge in [0.2, 0.25) is 5.91 Å². The molecule has 16 heavy (non-hydrogen) atoms. The van der Waals surface area contributed by atoms with Crippen molar-refractivity contribution in [2.75, 3.05) is 6.54 Å². The number of nitrogens with zero attached hydrogens (tertiary/aromatic N) is 1. The summed E-state index contributed by atoms with van der Waals surface area (Å²) in [6.07, 6.45) is 4.47. The molecular weight excluding hydrogens is 202 g/mol. The van der Waals surface area contributed by atoms with E-state index in [2.05, 4.69) is 4.98 Å². The first-order valence-corrected chi connectivity index (χ1v) is 5.87. The SMILES string of the molecule is CC(N)CC(=O)N1CCCC1c1ccc[nH]1. The molecule has 1 fully saturated rings. The van der Waals surface area contributed by atoms with Crippen molar-refractivity contribution in [1.82, 2.24) is 9.88 Å². The lowest BCUT2D eigenvalue weighted by Gasteiger charge is -2.24. The minimum Gasteiger partial charge on any atom is -0.363 e. The van der Waals surface area contributed by atoms with Crippen LogP contribution >= 0.6 is 0 Å². The zero-order chi connectivity index (χ0) is 11.5. The normalized spacial score (nSPS) is 22.4. The van der Waals surface area contributed by atoms with Gasteiger partial charge in [0.15, 0.2) is 0 Å². The number of aromatic amines is 1. The fraction of sp³-hybridized carbons (Fsp3) is 0.583. The number of H-pyrrole nitrogens is 1. The van der Waals surface area contributed by atoms with Crippen molar-refractivity contribution < 1.29 is 4.79 Å². The second-order valence-electron chi connectivity index (χ2n) is 4.55. The fourth-order valence-corrected chi connectivity index (χ4v) is 2.33. The Morgan fingerprint density at radius 1 is 1.75 bits per heavy atom. The highest BCUT2D eigenvalue weighted by atomic mass is 16.2. The van der Waals surface area contributed by atoms with E-state index in [9.17, 15) is 4.79 Å².